The van der Waals surface area contributed by atoms with Crippen LogP contribution < -0.4 is 0 Å². The molecule has 7 aromatic carbocycles. The number of nitrogens with zero attached hydrogens (tertiary/aromatic N) is 3. The van der Waals surface area contributed by atoms with Crippen LogP contribution in [0.5, 0.6) is 0 Å². The molecule has 2 aromatic heterocycles. The second kappa shape index (κ2) is 11.2. The number of fused-ring (bicyclic) bond motifs is 3. The molecule has 220 valence electrons. The normalized spacial score (nSPS) is 11.4. The van der Waals surface area contributed by atoms with Gasteiger partial charge in [0.2, 0.25) is 0 Å². The summed E-state index contributed by atoms with van der Waals surface area (Å²) in [5.74, 6) is 0.929. The molecule has 2 heterocycles. The molecule has 0 spiro atoms. The molecule has 0 aliphatic heterocycles. The third-order valence-corrected chi connectivity index (χ3v) is 9.13. The van der Waals surface area contributed by atoms with E-state index in [9.17, 15) is 0 Å². The van der Waals surface area contributed by atoms with Gasteiger partial charge in [0, 0.05) is 23.5 Å². The number of rotatable bonds is 5. The molecule has 0 amide bonds. The molecule has 0 saturated heterocycles. The lowest BCUT2D eigenvalue weighted by Gasteiger charge is -2.21. The van der Waals surface area contributed by atoms with E-state index in [0.29, 0.717) is 0 Å². The van der Waals surface area contributed by atoms with E-state index in [1.165, 1.54) is 49.4 Å². The number of pyridine rings is 1. The number of hydrogen-bond donors (Lipinski definition) is 0. The van der Waals surface area contributed by atoms with E-state index in [-0.39, 0.29) is 0 Å². The van der Waals surface area contributed by atoms with Crippen LogP contribution >= 0.6 is 0 Å². The molecular formula is C44H29N3. The van der Waals surface area contributed by atoms with E-state index in [0.717, 1.165) is 33.7 Å². The smallest absolute Gasteiger partial charge is 0.145 e. The Morgan fingerprint density at radius 2 is 0.915 bits per heavy atom. The third-order valence-electron chi connectivity index (χ3n) is 9.13. The summed E-state index contributed by atoms with van der Waals surface area (Å²) in [6.07, 6.45) is 3.69. The van der Waals surface area contributed by atoms with Crippen LogP contribution in [0.25, 0.3) is 83.0 Å². The molecule has 0 N–H and O–H groups in total. The Labute approximate surface area is 273 Å². The Hall–Kier alpha value is -6.32. The van der Waals surface area contributed by atoms with E-state index < -0.39 is 0 Å². The van der Waals surface area contributed by atoms with Gasteiger partial charge in [-0.05, 0) is 79.7 Å². The molecule has 0 bridgehead atoms. The van der Waals surface area contributed by atoms with Gasteiger partial charge in [0.1, 0.15) is 5.82 Å². The Bertz CT molecular complexity index is 2490. The predicted molar refractivity (Wildman–Crippen MR) is 196 cm³/mol. The van der Waals surface area contributed by atoms with Gasteiger partial charge in [-0.25, -0.2) is 4.98 Å². The lowest BCUT2D eigenvalue weighted by atomic mass is 9.85. The third kappa shape index (κ3) is 4.52. The Morgan fingerprint density at radius 1 is 0.383 bits per heavy atom. The van der Waals surface area contributed by atoms with Crippen molar-refractivity contribution in [3.8, 4) is 50.5 Å². The first-order valence-electron chi connectivity index (χ1n) is 15.9. The van der Waals surface area contributed by atoms with Crippen molar-refractivity contribution in [2.45, 2.75) is 0 Å². The molecule has 0 radical (unpaired) electrons. The van der Waals surface area contributed by atoms with Gasteiger partial charge in [-0.1, -0.05) is 133 Å². The zero-order valence-corrected chi connectivity index (χ0v) is 25.6. The highest BCUT2D eigenvalue weighted by Crippen LogP contribution is 2.46. The highest BCUT2D eigenvalue weighted by Gasteiger charge is 2.21. The van der Waals surface area contributed by atoms with Crippen molar-refractivity contribution >= 4 is 32.6 Å². The van der Waals surface area contributed by atoms with Crippen LogP contribution in [0, 0.1) is 0 Å². The van der Waals surface area contributed by atoms with E-state index in [1.54, 1.807) is 0 Å². The topological polar surface area (TPSA) is 30.7 Å². The molecule has 0 fully saturated rings. The zero-order valence-electron chi connectivity index (χ0n) is 25.6. The fourth-order valence-corrected chi connectivity index (χ4v) is 7.03. The number of imidazole rings is 1. The molecule has 0 aliphatic rings. The van der Waals surface area contributed by atoms with Gasteiger partial charge in [0.25, 0.3) is 0 Å². The Balaban J connectivity index is 1.33. The average molecular weight is 600 g/mol. The van der Waals surface area contributed by atoms with Crippen LogP contribution in [0.4, 0.5) is 0 Å². The van der Waals surface area contributed by atoms with Gasteiger partial charge in [-0.3, -0.25) is 9.55 Å². The van der Waals surface area contributed by atoms with Gasteiger partial charge in [-0.15, -0.1) is 0 Å². The van der Waals surface area contributed by atoms with Crippen LogP contribution in [0.1, 0.15) is 0 Å². The van der Waals surface area contributed by atoms with E-state index in [2.05, 4.69) is 173 Å². The van der Waals surface area contributed by atoms with E-state index >= 15 is 0 Å². The maximum Gasteiger partial charge on any atom is 0.145 e. The molecule has 0 unspecified atom stereocenters. The summed E-state index contributed by atoms with van der Waals surface area (Å²) in [4.78, 5) is 9.35. The molecule has 0 atom stereocenters. The first kappa shape index (κ1) is 27.0. The first-order valence-corrected chi connectivity index (χ1v) is 15.9. The minimum Gasteiger partial charge on any atom is -0.292 e. The number of benzene rings is 7. The number of para-hydroxylation sites is 3. The largest absolute Gasteiger partial charge is 0.292 e. The highest BCUT2D eigenvalue weighted by atomic mass is 15.1. The molecule has 47 heavy (non-hydrogen) atoms. The van der Waals surface area contributed by atoms with E-state index in [1.807, 2.05) is 12.4 Å². The van der Waals surface area contributed by atoms with Crippen LogP contribution in [0.15, 0.2) is 176 Å². The minimum atomic E-state index is 0.929. The summed E-state index contributed by atoms with van der Waals surface area (Å²) in [6, 6.07) is 58.4. The SMILES string of the molecule is c1ccc(-c2nc3ccccc3n2-c2ccccc2-c2c3ccccc3c(-c3ccc(-c4ccncc4)cc3)c3ccccc23)cc1. The molecule has 9 rings (SSSR count). The van der Waals surface area contributed by atoms with Gasteiger partial charge < -0.3 is 0 Å². The summed E-state index contributed by atoms with van der Waals surface area (Å²) in [7, 11) is 0. The standard InChI is InChI=1S/C44H29N3/c1-2-12-33(13-3-1)44-46-39-19-9-11-21-41(39)47(44)40-20-10-8-18-38(40)43-36-16-6-4-14-34(36)42(35-15-5-7-17-37(35)43)32-24-22-30(23-25-32)31-26-28-45-29-27-31/h1-29H. The maximum atomic E-state index is 5.16. The highest BCUT2D eigenvalue weighted by molar-refractivity contribution is 6.22. The summed E-state index contributed by atoms with van der Waals surface area (Å²) in [5, 5.41) is 4.90. The molecule has 0 saturated carbocycles. The minimum absolute atomic E-state index is 0.929. The second-order valence-electron chi connectivity index (χ2n) is 11.8. The summed E-state index contributed by atoms with van der Waals surface area (Å²) >= 11 is 0. The van der Waals surface area contributed by atoms with Crippen molar-refractivity contribution in [1.29, 1.82) is 0 Å². The molecule has 0 aliphatic carbocycles. The van der Waals surface area contributed by atoms with Gasteiger partial charge in [-0.2, -0.15) is 0 Å². The van der Waals surface area contributed by atoms with Gasteiger partial charge in [0.15, 0.2) is 0 Å². The lowest BCUT2D eigenvalue weighted by molar-refractivity contribution is 1.10. The van der Waals surface area contributed by atoms with Gasteiger partial charge >= 0.3 is 0 Å². The first-order chi connectivity index (χ1) is 23.3. The van der Waals surface area contributed by atoms with Crippen molar-refractivity contribution in [2.75, 3.05) is 0 Å². The summed E-state index contributed by atoms with van der Waals surface area (Å²) in [5.41, 5.74) is 11.4. The fraction of sp³-hybridized carbons (Fsp3) is 0. The van der Waals surface area contributed by atoms with Crippen LogP contribution in [0.2, 0.25) is 0 Å². The lowest BCUT2D eigenvalue weighted by Crippen LogP contribution is -2.01. The second-order valence-corrected chi connectivity index (χ2v) is 11.8. The molecule has 3 heteroatoms. The van der Waals surface area contributed by atoms with Crippen molar-refractivity contribution in [2.24, 2.45) is 0 Å². The number of hydrogen-bond acceptors (Lipinski definition) is 2. The monoisotopic (exact) mass is 599 g/mol. The summed E-state index contributed by atoms with van der Waals surface area (Å²) in [6.45, 7) is 0. The Kier molecular flexibility index (Phi) is 6.46. The average Bonchev–Trinajstić information content (AvgIpc) is 3.54. The van der Waals surface area contributed by atoms with Crippen molar-refractivity contribution in [3.63, 3.8) is 0 Å². The maximum absolute atomic E-state index is 5.16. The number of aromatic nitrogens is 3. The van der Waals surface area contributed by atoms with Crippen LogP contribution in [-0.2, 0) is 0 Å². The quantitative estimate of drug-likeness (QED) is 0.184. The van der Waals surface area contributed by atoms with E-state index in [4.69, 9.17) is 4.98 Å². The molecule has 3 nitrogen and oxygen atoms in total. The van der Waals surface area contributed by atoms with Crippen molar-refractivity contribution < 1.29 is 0 Å². The fourth-order valence-electron chi connectivity index (χ4n) is 7.03. The predicted octanol–water partition coefficient (Wildman–Crippen LogP) is 11.4. The van der Waals surface area contributed by atoms with Crippen LogP contribution in [-0.4, -0.2) is 14.5 Å². The Morgan fingerprint density at radius 3 is 1.62 bits per heavy atom. The zero-order chi connectivity index (χ0) is 31.2. The van der Waals surface area contributed by atoms with Crippen molar-refractivity contribution in [3.05, 3.63) is 176 Å². The summed E-state index contributed by atoms with van der Waals surface area (Å²) < 4.78 is 2.33. The molecular weight excluding hydrogens is 571 g/mol. The van der Waals surface area contributed by atoms with Crippen molar-refractivity contribution in [1.82, 2.24) is 14.5 Å². The van der Waals surface area contributed by atoms with Crippen LogP contribution in [0.3, 0.4) is 0 Å². The van der Waals surface area contributed by atoms with Gasteiger partial charge in [0.05, 0.1) is 16.7 Å². The molecule has 9 aromatic rings.